The number of benzene rings is 1. The van der Waals surface area contributed by atoms with Crippen molar-refractivity contribution in [2.75, 3.05) is 19.7 Å². The number of likely N-dealkylation sites (tertiary alicyclic amines) is 1. The Kier molecular flexibility index (Phi) is 6.54. The number of nitrogens with one attached hydrogen (secondary N) is 1. The quantitative estimate of drug-likeness (QED) is 0.747. The normalized spacial score (nSPS) is 19.2. The van der Waals surface area contributed by atoms with Crippen LogP contribution in [0.5, 0.6) is 5.75 Å². The van der Waals surface area contributed by atoms with Gasteiger partial charge >= 0.3 is 5.97 Å². The zero-order valence-corrected chi connectivity index (χ0v) is 16.1. The van der Waals surface area contributed by atoms with Crippen molar-refractivity contribution >= 4 is 17.8 Å². The Hall–Kier alpha value is -2.57. The zero-order valence-electron chi connectivity index (χ0n) is 16.1. The molecule has 1 aromatic carbocycles. The van der Waals surface area contributed by atoms with Gasteiger partial charge in [0.15, 0.2) is 0 Å². The molecule has 7 heteroatoms. The van der Waals surface area contributed by atoms with Gasteiger partial charge in [0.05, 0.1) is 13.0 Å². The number of nitrogens with zero attached hydrogens (tertiary/aromatic N) is 1. The van der Waals surface area contributed by atoms with E-state index in [0.29, 0.717) is 51.8 Å². The van der Waals surface area contributed by atoms with Crippen LogP contribution in [0, 0.1) is 5.92 Å². The number of piperidine rings is 1. The van der Waals surface area contributed by atoms with E-state index in [2.05, 4.69) is 5.32 Å². The van der Waals surface area contributed by atoms with Crippen LogP contribution in [0.2, 0.25) is 0 Å². The molecule has 1 saturated heterocycles. The first-order chi connectivity index (χ1) is 13.5. The summed E-state index contributed by atoms with van der Waals surface area (Å²) in [7, 11) is 0. The van der Waals surface area contributed by atoms with Gasteiger partial charge in [0, 0.05) is 19.0 Å². The molecule has 1 saturated carbocycles. The van der Waals surface area contributed by atoms with Crippen LogP contribution in [-0.2, 0) is 14.4 Å². The first-order valence-electron chi connectivity index (χ1n) is 10.0. The second-order valence-corrected chi connectivity index (χ2v) is 7.65. The second-order valence-electron chi connectivity index (χ2n) is 7.65. The third kappa shape index (κ3) is 4.82. The van der Waals surface area contributed by atoms with Gasteiger partial charge in [-0.15, -0.1) is 0 Å². The van der Waals surface area contributed by atoms with E-state index in [0.717, 1.165) is 18.6 Å². The summed E-state index contributed by atoms with van der Waals surface area (Å²) in [4.78, 5) is 38.3. The van der Waals surface area contributed by atoms with Crippen molar-refractivity contribution in [3.05, 3.63) is 30.3 Å². The maximum atomic E-state index is 12.6. The Labute approximate surface area is 165 Å². The maximum Gasteiger partial charge on any atom is 0.329 e. The molecule has 2 amide bonds. The molecule has 1 aliphatic carbocycles. The number of hydrogen-bond acceptors (Lipinski definition) is 4. The van der Waals surface area contributed by atoms with E-state index in [1.54, 1.807) is 4.90 Å². The molecule has 0 unspecified atom stereocenters. The number of carboxylic acid groups (broad SMARTS) is 1. The Bertz CT molecular complexity index is 692. The molecule has 0 aromatic heterocycles. The van der Waals surface area contributed by atoms with Crippen molar-refractivity contribution in [1.29, 1.82) is 0 Å². The topological polar surface area (TPSA) is 95.9 Å². The number of aliphatic carboxylic acids is 1. The highest BCUT2D eigenvalue weighted by Gasteiger charge is 2.43. The van der Waals surface area contributed by atoms with Gasteiger partial charge in [-0.3, -0.25) is 9.59 Å². The summed E-state index contributed by atoms with van der Waals surface area (Å²) in [6.45, 7) is 1.36. The van der Waals surface area contributed by atoms with Crippen LogP contribution in [0.4, 0.5) is 0 Å². The van der Waals surface area contributed by atoms with Crippen LogP contribution in [-0.4, -0.2) is 53.0 Å². The van der Waals surface area contributed by atoms with E-state index in [9.17, 15) is 19.5 Å². The molecule has 0 bridgehead atoms. The van der Waals surface area contributed by atoms with Crippen LogP contribution in [0.15, 0.2) is 30.3 Å². The third-order valence-corrected chi connectivity index (χ3v) is 5.78. The Morgan fingerprint density at radius 2 is 1.75 bits per heavy atom. The van der Waals surface area contributed by atoms with Gasteiger partial charge in [0.2, 0.25) is 11.8 Å². The van der Waals surface area contributed by atoms with E-state index < -0.39 is 11.5 Å². The molecule has 7 nitrogen and oxygen atoms in total. The number of rotatable bonds is 7. The average molecular weight is 388 g/mol. The summed E-state index contributed by atoms with van der Waals surface area (Å²) < 4.78 is 5.57. The number of carbonyl (C=O) groups excluding carboxylic acids is 2. The largest absolute Gasteiger partial charge is 0.493 e. The van der Waals surface area contributed by atoms with E-state index in [4.69, 9.17) is 4.74 Å². The van der Waals surface area contributed by atoms with E-state index in [1.807, 2.05) is 30.3 Å². The lowest BCUT2D eigenvalue weighted by Gasteiger charge is -2.33. The molecule has 3 rings (SSSR count). The van der Waals surface area contributed by atoms with Gasteiger partial charge in [-0.25, -0.2) is 4.79 Å². The molecule has 0 spiro atoms. The molecule has 1 aliphatic heterocycles. The standard InChI is InChI=1S/C21H28N2O5/c24-18(10-15-28-17-6-2-1-3-7-17)23-13-8-16(9-14-23)19(25)22-21(20(26)27)11-4-5-12-21/h1-3,6-7,16H,4-5,8-15H2,(H,22,25)(H,26,27). The van der Waals surface area contributed by atoms with Crippen molar-refractivity contribution in [2.24, 2.45) is 5.92 Å². The molecule has 1 heterocycles. The van der Waals surface area contributed by atoms with Crippen LogP contribution < -0.4 is 10.1 Å². The van der Waals surface area contributed by atoms with Crippen molar-refractivity contribution in [3.8, 4) is 5.75 Å². The number of carbonyl (C=O) groups is 3. The highest BCUT2D eigenvalue weighted by atomic mass is 16.5. The van der Waals surface area contributed by atoms with Gasteiger partial charge < -0.3 is 20.1 Å². The van der Waals surface area contributed by atoms with E-state index in [-0.39, 0.29) is 17.7 Å². The fourth-order valence-corrected chi connectivity index (χ4v) is 4.03. The Morgan fingerprint density at radius 1 is 1.11 bits per heavy atom. The molecule has 0 radical (unpaired) electrons. The minimum absolute atomic E-state index is 0.0209. The lowest BCUT2D eigenvalue weighted by atomic mass is 9.92. The number of carboxylic acids is 1. The fourth-order valence-electron chi connectivity index (χ4n) is 4.03. The predicted octanol–water partition coefficient (Wildman–Crippen LogP) is 2.21. The van der Waals surface area contributed by atoms with E-state index >= 15 is 0 Å². The highest BCUT2D eigenvalue weighted by molar-refractivity contribution is 5.88. The molecule has 2 aliphatic rings. The predicted molar refractivity (Wildman–Crippen MR) is 103 cm³/mol. The summed E-state index contributed by atoms with van der Waals surface area (Å²) in [5.74, 6) is -0.604. The molecule has 2 fully saturated rings. The maximum absolute atomic E-state index is 12.6. The van der Waals surface area contributed by atoms with E-state index in [1.165, 1.54) is 0 Å². The SMILES string of the molecule is O=C(NC1(C(=O)O)CCCC1)C1CCN(C(=O)CCOc2ccccc2)CC1. The van der Waals surface area contributed by atoms with Crippen LogP contribution >= 0.6 is 0 Å². The zero-order chi connectivity index (χ0) is 20.0. The molecular weight excluding hydrogens is 360 g/mol. The summed E-state index contributed by atoms with van der Waals surface area (Å²) in [6, 6.07) is 9.37. The molecule has 28 heavy (non-hydrogen) atoms. The fraction of sp³-hybridized carbons (Fsp3) is 0.571. The monoisotopic (exact) mass is 388 g/mol. The summed E-state index contributed by atoms with van der Waals surface area (Å²) in [5, 5.41) is 12.3. The van der Waals surface area contributed by atoms with Crippen molar-refractivity contribution in [2.45, 2.75) is 50.5 Å². The third-order valence-electron chi connectivity index (χ3n) is 5.78. The lowest BCUT2D eigenvalue weighted by molar-refractivity contribution is -0.148. The van der Waals surface area contributed by atoms with Crippen molar-refractivity contribution in [3.63, 3.8) is 0 Å². The minimum Gasteiger partial charge on any atom is -0.493 e. The van der Waals surface area contributed by atoms with Gasteiger partial charge in [0.25, 0.3) is 0 Å². The molecule has 2 N–H and O–H groups in total. The molecule has 152 valence electrons. The smallest absolute Gasteiger partial charge is 0.329 e. The lowest BCUT2D eigenvalue weighted by Crippen LogP contribution is -2.55. The first-order valence-corrected chi connectivity index (χ1v) is 10.0. The van der Waals surface area contributed by atoms with Gasteiger partial charge in [-0.05, 0) is 37.8 Å². The molecule has 0 atom stereocenters. The van der Waals surface area contributed by atoms with Crippen LogP contribution in [0.1, 0.15) is 44.9 Å². The summed E-state index contributed by atoms with van der Waals surface area (Å²) >= 11 is 0. The van der Waals surface area contributed by atoms with Crippen molar-refractivity contribution in [1.82, 2.24) is 10.2 Å². The van der Waals surface area contributed by atoms with Gasteiger partial charge in [-0.2, -0.15) is 0 Å². The van der Waals surface area contributed by atoms with Crippen molar-refractivity contribution < 1.29 is 24.2 Å². The molecular formula is C21H28N2O5. The van der Waals surface area contributed by atoms with Crippen LogP contribution in [0.25, 0.3) is 0 Å². The summed E-state index contributed by atoms with van der Waals surface area (Å²) in [5.41, 5.74) is -1.10. The van der Waals surface area contributed by atoms with Gasteiger partial charge in [0.1, 0.15) is 11.3 Å². The summed E-state index contributed by atoms with van der Waals surface area (Å²) in [6.07, 6.45) is 4.06. The Balaban J connectivity index is 1.41. The number of amides is 2. The number of ether oxygens (including phenoxy) is 1. The Morgan fingerprint density at radius 3 is 2.36 bits per heavy atom. The van der Waals surface area contributed by atoms with Gasteiger partial charge in [-0.1, -0.05) is 31.0 Å². The number of para-hydroxylation sites is 1. The minimum atomic E-state index is -1.10. The van der Waals surface area contributed by atoms with Crippen LogP contribution in [0.3, 0.4) is 0 Å². The molecule has 1 aromatic rings. The first kappa shape index (κ1) is 20.2. The second kappa shape index (κ2) is 9.08. The number of hydrogen-bond donors (Lipinski definition) is 2. The average Bonchev–Trinajstić information content (AvgIpc) is 3.19. The highest BCUT2D eigenvalue weighted by Crippen LogP contribution is 2.31.